The summed E-state index contributed by atoms with van der Waals surface area (Å²) in [5.41, 5.74) is 2.91. The van der Waals surface area contributed by atoms with Crippen LogP contribution in [0, 0.1) is 0 Å². The Morgan fingerprint density at radius 1 is 0.923 bits per heavy atom. The van der Waals surface area contributed by atoms with Gasteiger partial charge in [-0.3, -0.25) is 4.98 Å². The molecule has 2 amide bonds. The summed E-state index contributed by atoms with van der Waals surface area (Å²) in [6, 6.07) is 10.8. The fraction of sp³-hybridized carbons (Fsp3) is 0.393. The van der Waals surface area contributed by atoms with Gasteiger partial charge in [-0.05, 0) is 68.5 Å². The summed E-state index contributed by atoms with van der Waals surface area (Å²) in [5, 5.41) is 11.3. The fourth-order valence-corrected chi connectivity index (χ4v) is 5.63. The Morgan fingerprint density at radius 2 is 1.74 bits per heavy atom. The minimum atomic E-state index is -0.339. The molecular formula is C28H30N8O3. The van der Waals surface area contributed by atoms with E-state index < -0.39 is 0 Å². The number of ether oxygens (including phenoxy) is 2. The lowest BCUT2D eigenvalue weighted by atomic mass is 10.1. The second kappa shape index (κ2) is 10.2. The number of pyridine rings is 1. The van der Waals surface area contributed by atoms with Gasteiger partial charge in [-0.2, -0.15) is 5.10 Å². The van der Waals surface area contributed by atoms with Gasteiger partial charge in [0, 0.05) is 37.1 Å². The van der Waals surface area contributed by atoms with Gasteiger partial charge in [-0.1, -0.05) is 0 Å². The summed E-state index contributed by atoms with van der Waals surface area (Å²) in [7, 11) is 0. The van der Waals surface area contributed by atoms with Crippen molar-refractivity contribution in [1.29, 1.82) is 0 Å². The number of aromatic nitrogens is 5. The van der Waals surface area contributed by atoms with Crippen LogP contribution in [0.5, 0.6) is 0 Å². The first-order chi connectivity index (χ1) is 19.2. The van der Waals surface area contributed by atoms with Crippen molar-refractivity contribution >= 4 is 34.3 Å². The summed E-state index contributed by atoms with van der Waals surface area (Å²) in [4.78, 5) is 28.8. The maximum Gasteiger partial charge on any atom is 0.323 e. The van der Waals surface area contributed by atoms with Gasteiger partial charge >= 0.3 is 6.03 Å². The van der Waals surface area contributed by atoms with Crippen molar-refractivity contribution in [3.63, 3.8) is 0 Å². The van der Waals surface area contributed by atoms with E-state index in [0.29, 0.717) is 17.2 Å². The maximum atomic E-state index is 12.4. The van der Waals surface area contributed by atoms with Gasteiger partial charge in [-0.25, -0.2) is 19.4 Å². The topological polar surface area (TPSA) is 119 Å². The molecule has 39 heavy (non-hydrogen) atoms. The molecule has 1 aromatic carbocycles. The molecule has 3 unspecified atom stereocenters. The first kappa shape index (κ1) is 24.0. The first-order valence-electron chi connectivity index (χ1n) is 13.6. The Labute approximate surface area is 225 Å². The summed E-state index contributed by atoms with van der Waals surface area (Å²) in [5.74, 6) is 1.50. The zero-order chi connectivity index (χ0) is 26.2. The molecule has 11 heteroatoms. The van der Waals surface area contributed by atoms with Crippen LogP contribution in [0.2, 0.25) is 0 Å². The lowest BCUT2D eigenvalue weighted by molar-refractivity contribution is -0.0370. The van der Waals surface area contributed by atoms with Crippen LogP contribution >= 0.6 is 0 Å². The zero-order valence-corrected chi connectivity index (χ0v) is 21.5. The Hall–Kier alpha value is -4.09. The molecule has 3 aliphatic heterocycles. The number of amides is 2. The lowest BCUT2D eigenvalue weighted by Crippen LogP contribution is -2.43. The number of nitrogens with one attached hydrogen (secondary N) is 2. The van der Waals surface area contributed by atoms with Crippen molar-refractivity contribution in [2.45, 2.75) is 50.5 Å². The molecule has 0 radical (unpaired) electrons. The molecule has 2 N–H and O–H groups in total. The van der Waals surface area contributed by atoms with Crippen LogP contribution in [0.4, 0.5) is 22.0 Å². The number of rotatable bonds is 5. The highest BCUT2D eigenvalue weighted by atomic mass is 16.5. The second-order valence-electron chi connectivity index (χ2n) is 10.3. The van der Waals surface area contributed by atoms with E-state index in [2.05, 4.69) is 20.5 Å². The van der Waals surface area contributed by atoms with Crippen LogP contribution in [0.15, 0.2) is 55.0 Å². The molecule has 0 aliphatic carbocycles. The van der Waals surface area contributed by atoms with E-state index in [0.717, 1.165) is 74.2 Å². The number of morpholine rings is 1. The number of urea groups is 1. The van der Waals surface area contributed by atoms with Crippen molar-refractivity contribution < 1.29 is 14.3 Å². The average Bonchev–Trinajstić information content (AvgIpc) is 3.56. The van der Waals surface area contributed by atoms with Gasteiger partial charge in [0.2, 0.25) is 0 Å². The molecule has 3 saturated heterocycles. The number of hydrogen-bond donors (Lipinski definition) is 2. The van der Waals surface area contributed by atoms with Crippen LogP contribution in [-0.4, -0.2) is 62.7 Å². The number of carbonyl (C=O) groups is 1. The van der Waals surface area contributed by atoms with Crippen LogP contribution in [0.25, 0.3) is 22.4 Å². The van der Waals surface area contributed by atoms with Crippen molar-refractivity contribution in [1.82, 2.24) is 24.7 Å². The van der Waals surface area contributed by atoms with Crippen LogP contribution in [0.3, 0.4) is 0 Å². The first-order valence-corrected chi connectivity index (χ1v) is 13.6. The molecule has 11 nitrogen and oxygen atoms in total. The predicted molar refractivity (Wildman–Crippen MR) is 147 cm³/mol. The summed E-state index contributed by atoms with van der Waals surface area (Å²) < 4.78 is 14.1. The highest BCUT2D eigenvalue weighted by molar-refractivity contribution is 5.99. The highest BCUT2D eigenvalue weighted by Crippen LogP contribution is 2.35. The summed E-state index contributed by atoms with van der Waals surface area (Å²) >= 11 is 0. The second-order valence-corrected chi connectivity index (χ2v) is 10.3. The molecule has 3 aliphatic rings. The fourth-order valence-electron chi connectivity index (χ4n) is 5.63. The van der Waals surface area contributed by atoms with E-state index in [1.807, 2.05) is 35.1 Å². The van der Waals surface area contributed by atoms with E-state index in [1.54, 1.807) is 24.5 Å². The molecule has 200 valence electrons. The number of hydrogen-bond acceptors (Lipinski definition) is 8. The van der Waals surface area contributed by atoms with Gasteiger partial charge in [-0.15, -0.1) is 0 Å². The van der Waals surface area contributed by atoms with Gasteiger partial charge in [0.15, 0.2) is 17.7 Å². The normalized spacial score (nSPS) is 22.7. The maximum absolute atomic E-state index is 12.4. The Kier molecular flexibility index (Phi) is 6.29. The molecule has 3 aromatic heterocycles. The van der Waals surface area contributed by atoms with Gasteiger partial charge in [0.25, 0.3) is 0 Å². The number of carbonyl (C=O) groups excluding carboxylic acids is 1. The highest BCUT2D eigenvalue weighted by Gasteiger charge is 2.35. The zero-order valence-electron chi connectivity index (χ0n) is 21.5. The van der Waals surface area contributed by atoms with E-state index in [1.165, 1.54) is 0 Å². The van der Waals surface area contributed by atoms with Crippen LogP contribution < -0.4 is 15.5 Å². The lowest BCUT2D eigenvalue weighted by Gasteiger charge is -2.33. The third-order valence-electron chi connectivity index (χ3n) is 7.53. The third kappa shape index (κ3) is 4.90. The SMILES string of the molecule is O=C(Nc1ccc(-c2nc(N3CC4CCC(C3)O4)c3cnn(C4CCCCO4)c3n2)cc1)Nc1cccnc1. The van der Waals surface area contributed by atoms with Crippen molar-refractivity contribution in [3.05, 3.63) is 55.0 Å². The average molecular weight is 527 g/mol. The quantitative estimate of drug-likeness (QED) is 0.387. The molecular weight excluding hydrogens is 496 g/mol. The number of fused-ring (bicyclic) bond motifs is 3. The Balaban J connectivity index is 1.20. The molecule has 3 fully saturated rings. The standard InChI is InChI=1S/C28H30N8O3/c37-28(32-20-4-3-12-29-14-20)31-19-8-6-18(7-9-19)25-33-26(35-16-21-10-11-22(17-35)39-21)23-15-30-36(27(23)34-25)24-5-1-2-13-38-24/h3-4,6-9,12,14-15,21-22,24H,1-2,5,10-11,13,16-17H2,(H2,31,32,37). The Bertz CT molecular complexity index is 1460. The van der Waals surface area contributed by atoms with Crippen molar-refractivity contribution in [2.75, 3.05) is 35.2 Å². The third-order valence-corrected chi connectivity index (χ3v) is 7.53. The van der Waals surface area contributed by atoms with E-state index >= 15 is 0 Å². The number of nitrogens with zero attached hydrogens (tertiary/aromatic N) is 6. The largest absolute Gasteiger partial charge is 0.371 e. The van der Waals surface area contributed by atoms with E-state index in [4.69, 9.17) is 24.5 Å². The summed E-state index contributed by atoms with van der Waals surface area (Å²) in [6.45, 7) is 2.34. The number of benzene rings is 1. The van der Waals surface area contributed by atoms with Crippen molar-refractivity contribution in [3.8, 4) is 11.4 Å². The van der Waals surface area contributed by atoms with E-state index in [-0.39, 0.29) is 24.5 Å². The molecule has 2 bridgehead atoms. The van der Waals surface area contributed by atoms with Crippen LogP contribution in [0.1, 0.15) is 38.3 Å². The molecule has 6 heterocycles. The molecule has 0 spiro atoms. The van der Waals surface area contributed by atoms with Crippen LogP contribution in [-0.2, 0) is 9.47 Å². The Morgan fingerprint density at radius 3 is 2.49 bits per heavy atom. The smallest absolute Gasteiger partial charge is 0.323 e. The molecule has 0 saturated carbocycles. The molecule has 7 rings (SSSR count). The van der Waals surface area contributed by atoms with E-state index in [9.17, 15) is 4.79 Å². The summed E-state index contributed by atoms with van der Waals surface area (Å²) in [6.07, 6.45) is 10.7. The minimum absolute atomic E-state index is 0.127. The predicted octanol–water partition coefficient (Wildman–Crippen LogP) is 4.60. The molecule has 4 aromatic rings. The monoisotopic (exact) mass is 526 g/mol. The van der Waals surface area contributed by atoms with Crippen molar-refractivity contribution in [2.24, 2.45) is 0 Å². The molecule has 3 atom stereocenters. The minimum Gasteiger partial charge on any atom is -0.371 e. The van der Waals surface area contributed by atoms with Gasteiger partial charge in [0.1, 0.15) is 5.82 Å². The van der Waals surface area contributed by atoms with Gasteiger partial charge < -0.3 is 25.0 Å². The number of anilines is 3. The van der Waals surface area contributed by atoms with Gasteiger partial charge in [0.05, 0.1) is 35.7 Å².